The molecular formula is C18H23NO6S. The van der Waals surface area contributed by atoms with Crippen LogP contribution in [0, 0.1) is 0 Å². The first-order valence-corrected chi connectivity index (χ1v) is 9.57. The van der Waals surface area contributed by atoms with Crippen molar-refractivity contribution in [1.82, 2.24) is 0 Å². The summed E-state index contributed by atoms with van der Waals surface area (Å²) in [7, 11) is 0. The quantitative estimate of drug-likeness (QED) is 0.232. The Morgan fingerprint density at radius 1 is 1.42 bits per heavy atom. The Kier molecular flexibility index (Phi) is 7.80. The molecule has 142 valence electrons. The van der Waals surface area contributed by atoms with Gasteiger partial charge >= 0.3 is 5.97 Å². The number of hydrogen-bond donors (Lipinski definition) is 1. The fourth-order valence-electron chi connectivity index (χ4n) is 3.09. The van der Waals surface area contributed by atoms with Crippen molar-refractivity contribution in [3.8, 4) is 0 Å². The zero-order valence-corrected chi connectivity index (χ0v) is 15.4. The highest BCUT2D eigenvalue weighted by Gasteiger charge is 2.31. The fourth-order valence-corrected chi connectivity index (χ4v) is 3.88. The molecule has 0 fully saturated rings. The molecule has 1 aliphatic rings. The van der Waals surface area contributed by atoms with Gasteiger partial charge in [0.1, 0.15) is 0 Å². The van der Waals surface area contributed by atoms with Crippen molar-refractivity contribution >= 4 is 29.4 Å². The number of carbonyl (C=O) groups excluding carboxylic acids is 2. The van der Waals surface area contributed by atoms with E-state index >= 15 is 0 Å². The first-order valence-electron chi connectivity index (χ1n) is 8.50. The number of esters is 1. The van der Waals surface area contributed by atoms with E-state index in [0.717, 1.165) is 18.4 Å². The summed E-state index contributed by atoms with van der Waals surface area (Å²) in [6, 6.07) is 6.24. The number of hydrogen-bond acceptors (Lipinski definition) is 5. The second-order valence-corrected chi connectivity index (χ2v) is 6.59. The van der Waals surface area contributed by atoms with E-state index in [4.69, 9.17) is 9.47 Å². The summed E-state index contributed by atoms with van der Waals surface area (Å²) in [5.41, 5.74) is 1.51. The average molecular weight is 381 g/mol. The van der Waals surface area contributed by atoms with Crippen LogP contribution in [0.3, 0.4) is 0 Å². The molecule has 0 radical (unpaired) electrons. The van der Waals surface area contributed by atoms with E-state index in [1.54, 1.807) is 31.2 Å². The monoisotopic (exact) mass is 381 g/mol. The maximum absolute atomic E-state index is 12.3. The number of benzene rings is 1. The van der Waals surface area contributed by atoms with Crippen molar-refractivity contribution in [2.24, 2.45) is 0 Å². The Balaban J connectivity index is 2.38. The van der Waals surface area contributed by atoms with E-state index in [2.05, 4.69) is 0 Å². The number of nitrogens with zero attached hydrogens (tertiary/aromatic N) is 1. The minimum atomic E-state index is -2.34. The van der Waals surface area contributed by atoms with Crippen molar-refractivity contribution < 1.29 is 27.8 Å². The third-order valence-corrected chi connectivity index (χ3v) is 4.97. The normalized spacial score (nSPS) is 17.8. The van der Waals surface area contributed by atoms with Crippen molar-refractivity contribution in [3.63, 3.8) is 0 Å². The highest BCUT2D eigenvalue weighted by atomic mass is 32.2. The molecule has 26 heavy (non-hydrogen) atoms. The molecule has 0 amide bonds. The average Bonchev–Trinajstić information content (AvgIpc) is 2.64. The Labute approximate surface area is 155 Å². The lowest BCUT2D eigenvalue weighted by atomic mass is 9.91. The van der Waals surface area contributed by atoms with Crippen molar-refractivity contribution in [2.45, 2.75) is 38.6 Å². The maximum Gasteiger partial charge on any atom is 0.340 e. The van der Waals surface area contributed by atoms with E-state index in [-0.39, 0.29) is 24.8 Å². The molecule has 1 aromatic carbocycles. The third kappa shape index (κ3) is 4.92. The smallest absolute Gasteiger partial charge is 0.340 e. The molecule has 7 nitrogen and oxygen atoms in total. The summed E-state index contributed by atoms with van der Waals surface area (Å²) < 4.78 is 33.3. The van der Waals surface area contributed by atoms with Crippen LogP contribution < -0.4 is 4.31 Å². The van der Waals surface area contributed by atoms with Gasteiger partial charge in [0.15, 0.2) is 0 Å². The second kappa shape index (κ2) is 10.1. The molecule has 1 aliphatic carbocycles. The van der Waals surface area contributed by atoms with E-state index < -0.39 is 17.2 Å². The van der Waals surface area contributed by atoms with E-state index in [9.17, 15) is 18.4 Å². The van der Waals surface area contributed by atoms with Crippen LogP contribution >= 0.6 is 0 Å². The predicted octanol–water partition coefficient (Wildman–Crippen LogP) is 2.85. The molecule has 0 saturated carbocycles. The van der Waals surface area contributed by atoms with Crippen molar-refractivity contribution in [2.75, 3.05) is 17.5 Å². The molecule has 1 aromatic rings. The van der Waals surface area contributed by atoms with E-state index in [1.165, 1.54) is 4.31 Å². The summed E-state index contributed by atoms with van der Waals surface area (Å²) in [6.45, 7) is 2.51. The number of carbonyl (C=O) groups is 2. The third-order valence-electron chi connectivity index (χ3n) is 4.18. The predicted molar refractivity (Wildman–Crippen MR) is 98.0 cm³/mol. The summed E-state index contributed by atoms with van der Waals surface area (Å²) in [4.78, 5) is 22.6. The molecule has 8 heteroatoms. The summed E-state index contributed by atoms with van der Waals surface area (Å²) in [6.07, 6.45) is 4.86. The minimum absolute atomic E-state index is 0.206. The number of rotatable bonds is 9. The van der Waals surface area contributed by atoms with Gasteiger partial charge in [0.25, 0.3) is 17.7 Å². The number of ether oxygens (including phenoxy) is 2. The van der Waals surface area contributed by atoms with Crippen LogP contribution in [0.25, 0.3) is 0 Å². The van der Waals surface area contributed by atoms with Gasteiger partial charge in [-0.1, -0.05) is 18.2 Å². The van der Waals surface area contributed by atoms with E-state index in [0.29, 0.717) is 25.0 Å². The molecule has 0 aromatic heterocycles. The van der Waals surface area contributed by atoms with Crippen LogP contribution in [0.4, 0.5) is 5.69 Å². The Bertz CT molecular complexity index is 690. The van der Waals surface area contributed by atoms with Crippen molar-refractivity contribution in [3.05, 3.63) is 41.5 Å². The highest BCUT2D eigenvalue weighted by Crippen LogP contribution is 2.33. The van der Waals surface area contributed by atoms with Gasteiger partial charge in [-0.2, -0.15) is 0 Å². The Morgan fingerprint density at radius 2 is 2.19 bits per heavy atom. The lowest BCUT2D eigenvalue weighted by Gasteiger charge is -2.34. The van der Waals surface area contributed by atoms with Crippen LogP contribution in [-0.2, 0) is 25.5 Å². The molecule has 0 aliphatic heterocycles. The lowest BCUT2D eigenvalue weighted by Crippen LogP contribution is -2.40. The lowest BCUT2D eigenvalue weighted by molar-refractivity contribution is -0.128. The van der Waals surface area contributed by atoms with Gasteiger partial charge in [-0.15, -0.1) is 0 Å². The maximum atomic E-state index is 12.3. The van der Waals surface area contributed by atoms with Crippen LogP contribution in [0.5, 0.6) is 0 Å². The standard InChI is InChI=1S/C18H23NO6S/c1-2-25-18(21)15-8-4-6-10-17(15)19(26(22)23)16-9-5-3-7-14(16)11-12-24-13-20/h4,6-8,10,13,16H,2-3,5,9,11-12H2,1H3,(H,22,23). The first kappa shape index (κ1) is 20.1. The van der Waals surface area contributed by atoms with Gasteiger partial charge < -0.3 is 9.47 Å². The fraction of sp³-hybridized carbons (Fsp3) is 0.444. The molecule has 0 spiro atoms. The Morgan fingerprint density at radius 3 is 2.88 bits per heavy atom. The molecule has 2 unspecified atom stereocenters. The topological polar surface area (TPSA) is 93.1 Å². The van der Waals surface area contributed by atoms with Crippen LogP contribution in [0.2, 0.25) is 0 Å². The SMILES string of the molecule is CCOC(=O)c1ccccc1N(C1CCCC=C1CCOC=O)S(=O)O. The van der Waals surface area contributed by atoms with Gasteiger partial charge in [-0.25, -0.2) is 9.00 Å². The molecule has 0 bridgehead atoms. The van der Waals surface area contributed by atoms with Crippen molar-refractivity contribution in [1.29, 1.82) is 0 Å². The second-order valence-electron chi connectivity index (χ2n) is 5.74. The number of allylic oxidation sites excluding steroid dienone is 1. The largest absolute Gasteiger partial charge is 0.468 e. The van der Waals surface area contributed by atoms with Gasteiger partial charge in [0, 0.05) is 6.42 Å². The van der Waals surface area contributed by atoms with E-state index in [1.807, 2.05) is 6.08 Å². The van der Waals surface area contributed by atoms with Gasteiger partial charge in [0.2, 0.25) is 0 Å². The molecule has 2 rings (SSSR count). The molecule has 0 saturated heterocycles. The number of anilines is 1. The van der Waals surface area contributed by atoms with Gasteiger partial charge in [0.05, 0.1) is 30.5 Å². The Hall–Kier alpha value is -2.19. The zero-order valence-electron chi connectivity index (χ0n) is 14.6. The van der Waals surface area contributed by atoms with Gasteiger partial charge in [-0.3, -0.25) is 13.7 Å². The van der Waals surface area contributed by atoms with Crippen LogP contribution in [0.1, 0.15) is 43.0 Å². The summed E-state index contributed by atoms with van der Waals surface area (Å²) in [5.74, 6) is -0.538. The summed E-state index contributed by atoms with van der Waals surface area (Å²) >= 11 is -2.34. The molecule has 2 atom stereocenters. The zero-order chi connectivity index (χ0) is 18.9. The minimum Gasteiger partial charge on any atom is -0.468 e. The molecule has 0 heterocycles. The summed E-state index contributed by atoms with van der Waals surface area (Å²) in [5, 5.41) is 0. The molecular weight excluding hydrogens is 358 g/mol. The van der Waals surface area contributed by atoms with Crippen LogP contribution in [-0.4, -0.2) is 40.5 Å². The molecule has 1 N–H and O–H groups in total. The van der Waals surface area contributed by atoms with Crippen LogP contribution in [0.15, 0.2) is 35.9 Å². The van der Waals surface area contributed by atoms with Gasteiger partial charge in [-0.05, 0) is 43.9 Å². The number of para-hydroxylation sites is 1. The highest BCUT2D eigenvalue weighted by molar-refractivity contribution is 7.80. The first-order chi connectivity index (χ1) is 12.6.